The van der Waals surface area contributed by atoms with Gasteiger partial charge in [-0.25, -0.2) is 0 Å². The van der Waals surface area contributed by atoms with Crippen molar-refractivity contribution in [3.8, 4) is 0 Å². The molecule has 0 aromatic heterocycles. The zero-order valence-electron chi connectivity index (χ0n) is 9.53. The minimum atomic E-state index is 0.795. The van der Waals surface area contributed by atoms with E-state index >= 15 is 0 Å². The largest absolute Gasteiger partial charge is 0.302 e. The summed E-state index contributed by atoms with van der Waals surface area (Å²) >= 11 is 0. The molecule has 0 bridgehead atoms. The predicted octanol–water partition coefficient (Wildman–Crippen LogP) is 3.16. The van der Waals surface area contributed by atoms with Crippen molar-refractivity contribution < 1.29 is 0 Å². The number of rotatable bonds is 5. The van der Waals surface area contributed by atoms with E-state index in [1.165, 1.54) is 18.5 Å². The van der Waals surface area contributed by atoms with Crippen molar-refractivity contribution in [2.24, 2.45) is 5.92 Å². The van der Waals surface area contributed by atoms with Crippen molar-refractivity contribution >= 4 is 0 Å². The van der Waals surface area contributed by atoms with E-state index in [1.54, 1.807) is 0 Å². The van der Waals surface area contributed by atoms with Gasteiger partial charge in [0.2, 0.25) is 0 Å². The Labute approximate surface area is 87.7 Å². The Kier molecular flexibility index (Phi) is 4.68. The maximum absolute atomic E-state index is 2.39. The van der Waals surface area contributed by atoms with E-state index in [0.717, 1.165) is 12.5 Å². The zero-order valence-corrected chi connectivity index (χ0v) is 9.53. The van der Waals surface area contributed by atoms with Crippen LogP contribution in [0.5, 0.6) is 0 Å². The third kappa shape index (κ3) is 3.93. The first-order chi connectivity index (χ1) is 6.72. The van der Waals surface area contributed by atoms with Crippen molar-refractivity contribution in [2.75, 3.05) is 13.6 Å². The highest BCUT2D eigenvalue weighted by molar-refractivity contribution is 5.14. The summed E-state index contributed by atoms with van der Waals surface area (Å²) in [6, 6.07) is 10.7. The minimum absolute atomic E-state index is 0.795. The average Bonchev–Trinajstić information content (AvgIpc) is 2.19. The molecule has 1 aromatic carbocycles. The third-order valence-electron chi connectivity index (χ3n) is 2.62. The van der Waals surface area contributed by atoms with E-state index in [1.807, 2.05) is 0 Å². The Morgan fingerprint density at radius 2 is 1.86 bits per heavy atom. The van der Waals surface area contributed by atoms with Crippen LogP contribution in [0.15, 0.2) is 30.3 Å². The Hall–Kier alpha value is -0.820. The fourth-order valence-corrected chi connectivity index (χ4v) is 1.62. The number of hydrogen-bond acceptors (Lipinski definition) is 1. The van der Waals surface area contributed by atoms with E-state index in [2.05, 4.69) is 56.1 Å². The highest BCUT2D eigenvalue weighted by Gasteiger charge is 2.04. The van der Waals surface area contributed by atoms with Crippen LogP contribution in [0.25, 0.3) is 0 Å². The molecule has 1 rings (SSSR count). The quantitative estimate of drug-likeness (QED) is 0.691. The predicted molar refractivity (Wildman–Crippen MR) is 62.2 cm³/mol. The Balaban J connectivity index is 2.37. The molecular formula is C13H21N. The zero-order chi connectivity index (χ0) is 10.4. The summed E-state index contributed by atoms with van der Waals surface area (Å²) in [4.78, 5) is 2.39. The van der Waals surface area contributed by atoms with Gasteiger partial charge in [-0.2, -0.15) is 0 Å². The second-order valence-electron chi connectivity index (χ2n) is 4.20. The van der Waals surface area contributed by atoms with Crippen LogP contribution in [0, 0.1) is 5.92 Å². The summed E-state index contributed by atoms with van der Waals surface area (Å²) < 4.78 is 0. The molecule has 0 heterocycles. The van der Waals surface area contributed by atoms with Crippen LogP contribution in [0.2, 0.25) is 0 Å². The molecule has 0 N–H and O–H groups in total. The lowest BCUT2D eigenvalue weighted by Gasteiger charge is -2.20. The van der Waals surface area contributed by atoms with Crippen LogP contribution in [0.1, 0.15) is 25.8 Å². The molecule has 1 aromatic rings. The van der Waals surface area contributed by atoms with Gasteiger partial charge in [-0.15, -0.1) is 0 Å². The van der Waals surface area contributed by atoms with Crippen LogP contribution in [0.3, 0.4) is 0 Å². The summed E-state index contributed by atoms with van der Waals surface area (Å²) in [5.74, 6) is 0.795. The molecule has 0 radical (unpaired) electrons. The first-order valence-corrected chi connectivity index (χ1v) is 5.44. The van der Waals surface area contributed by atoms with Gasteiger partial charge in [0.15, 0.2) is 0 Å². The van der Waals surface area contributed by atoms with Gasteiger partial charge in [-0.1, -0.05) is 50.6 Å². The van der Waals surface area contributed by atoms with E-state index in [0.29, 0.717) is 0 Å². The monoisotopic (exact) mass is 191 g/mol. The molecule has 0 unspecified atom stereocenters. The number of nitrogens with zero attached hydrogens (tertiary/aromatic N) is 1. The van der Waals surface area contributed by atoms with Gasteiger partial charge in [-0.3, -0.25) is 0 Å². The van der Waals surface area contributed by atoms with Gasteiger partial charge in [0.25, 0.3) is 0 Å². The van der Waals surface area contributed by atoms with Gasteiger partial charge >= 0.3 is 0 Å². The van der Waals surface area contributed by atoms with Crippen LogP contribution < -0.4 is 0 Å². The first kappa shape index (κ1) is 11.3. The third-order valence-corrected chi connectivity index (χ3v) is 2.62. The van der Waals surface area contributed by atoms with Crippen molar-refractivity contribution in [2.45, 2.75) is 26.8 Å². The lowest BCUT2D eigenvalue weighted by molar-refractivity contribution is 0.275. The Morgan fingerprint density at radius 3 is 2.43 bits per heavy atom. The molecule has 14 heavy (non-hydrogen) atoms. The van der Waals surface area contributed by atoms with Crippen LogP contribution >= 0.6 is 0 Å². The van der Waals surface area contributed by atoms with Crippen molar-refractivity contribution in [1.82, 2.24) is 4.90 Å². The van der Waals surface area contributed by atoms with Crippen LogP contribution in [0.4, 0.5) is 0 Å². The smallest absolute Gasteiger partial charge is 0.0230 e. The topological polar surface area (TPSA) is 3.24 Å². The molecule has 1 heteroatoms. The number of hydrogen-bond donors (Lipinski definition) is 0. The second-order valence-corrected chi connectivity index (χ2v) is 4.20. The normalized spacial score (nSPS) is 13.1. The Morgan fingerprint density at radius 1 is 1.21 bits per heavy atom. The summed E-state index contributed by atoms with van der Waals surface area (Å²) in [5, 5.41) is 0. The molecule has 0 aliphatic carbocycles. The van der Waals surface area contributed by atoms with E-state index < -0.39 is 0 Å². The summed E-state index contributed by atoms with van der Waals surface area (Å²) in [5.41, 5.74) is 1.40. The molecule has 1 nitrogen and oxygen atoms in total. The van der Waals surface area contributed by atoms with Crippen molar-refractivity contribution in [1.29, 1.82) is 0 Å². The number of benzene rings is 1. The molecule has 1 atom stereocenters. The molecule has 0 saturated carbocycles. The first-order valence-electron chi connectivity index (χ1n) is 5.44. The highest BCUT2D eigenvalue weighted by Crippen LogP contribution is 2.07. The van der Waals surface area contributed by atoms with Crippen LogP contribution in [-0.2, 0) is 6.54 Å². The molecule has 0 saturated heterocycles. The van der Waals surface area contributed by atoms with Gasteiger partial charge < -0.3 is 4.90 Å². The standard InChI is InChI=1S/C13H21N/c1-4-12(2)10-14(3)11-13-8-6-5-7-9-13/h5-9,12H,4,10-11H2,1-3H3/t12-/m0/s1. The van der Waals surface area contributed by atoms with Gasteiger partial charge in [0.1, 0.15) is 0 Å². The minimum Gasteiger partial charge on any atom is -0.302 e. The molecule has 0 fully saturated rings. The Bertz CT molecular complexity index is 243. The fourth-order valence-electron chi connectivity index (χ4n) is 1.62. The van der Waals surface area contributed by atoms with E-state index in [4.69, 9.17) is 0 Å². The van der Waals surface area contributed by atoms with Crippen molar-refractivity contribution in [3.63, 3.8) is 0 Å². The molecular weight excluding hydrogens is 170 g/mol. The van der Waals surface area contributed by atoms with E-state index in [9.17, 15) is 0 Å². The summed E-state index contributed by atoms with van der Waals surface area (Å²) in [6.07, 6.45) is 1.26. The fraction of sp³-hybridized carbons (Fsp3) is 0.538. The average molecular weight is 191 g/mol. The summed E-state index contributed by atoms with van der Waals surface area (Å²) in [7, 11) is 2.19. The lowest BCUT2D eigenvalue weighted by Crippen LogP contribution is -2.23. The second kappa shape index (κ2) is 5.82. The highest BCUT2D eigenvalue weighted by atomic mass is 15.1. The maximum atomic E-state index is 2.39. The van der Waals surface area contributed by atoms with Gasteiger partial charge in [-0.05, 0) is 18.5 Å². The van der Waals surface area contributed by atoms with Gasteiger partial charge in [0.05, 0.1) is 0 Å². The molecule has 0 aliphatic rings. The SMILES string of the molecule is CC[C@H](C)CN(C)Cc1ccccc1. The molecule has 0 aliphatic heterocycles. The lowest BCUT2D eigenvalue weighted by atomic mass is 10.1. The molecule has 0 spiro atoms. The molecule has 0 amide bonds. The van der Waals surface area contributed by atoms with Crippen molar-refractivity contribution in [3.05, 3.63) is 35.9 Å². The summed E-state index contributed by atoms with van der Waals surface area (Å²) in [6.45, 7) is 6.80. The van der Waals surface area contributed by atoms with Crippen LogP contribution in [-0.4, -0.2) is 18.5 Å². The van der Waals surface area contributed by atoms with E-state index in [-0.39, 0.29) is 0 Å². The maximum Gasteiger partial charge on any atom is 0.0230 e. The molecule has 78 valence electrons. The van der Waals surface area contributed by atoms with Gasteiger partial charge in [0, 0.05) is 13.1 Å².